The van der Waals surface area contributed by atoms with Crippen molar-refractivity contribution in [1.29, 1.82) is 0 Å². The van der Waals surface area contributed by atoms with Crippen LogP contribution in [0.2, 0.25) is 0 Å². The second-order valence-corrected chi connectivity index (χ2v) is 11.1. The summed E-state index contributed by atoms with van der Waals surface area (Å²) in [6.45, 7) is 7.29. The summed E-state index contributed by atoms with van der Waals surface area (Å²) < 4.78 is 46.5. The predicted molar refractivity (Wildman–Crippen MR) is 150 cm³/mol. The number of fused-ring (bicyclic) bond motifs is 3. The van der Waals surface area contributed by atoms with Gasteiger partial charge in [-0.15, -0.1) is 0 Å². The first-order chi connectivity index (χ1) is 19.4. The van der Waals surface area contributed by atoms with E-state index in [-0.39, 0.29) is 24.6 Å². The van der Waals surface area contributed by atoms with Crippen LogP contribution in [0.25, 0.3) is 17.2 Å². The number of carbonyl (C=O) groups excluding carboxylic acids is 1. The number of aromatic carboxylic acids is 1. The van der Waals surface area contributed by atoms with Crippen molar-refractivity contribution in [3.63, 3.8) is 0 Å². The summed E-state index contributed by atoms with van der Waals surface area (Å²) in [5.74, 6) is -3.83. The molecule has 0 bridgehead atoms. The maximum absolute atomic E-state index is 14.7. The van der Waals surface area contributed by atoms with Crippen LogP contribution in [0.15, 0.2) is 66.1 Å². The van der Waals surface area contributed by atoms with E-state index in [1.54, 1.807) is 0 Å². The van der Waals surface area contributed by atoms with Crippen molar-refractivity contribution in [3.05, 3.63) is 100 Å². The van der Waals surface area contributed by atoms with E-state index in [4.69, 9.17) is 14.0 Å². The van der Waals surface area contributed by atoms with Crippen LogP contribution in [-0.4, -0.2) is 48.6 Å². The molecule has 5 rings (SSSR count). The molecule has 0 saturated carbocycles. The van der Waals surface area contributed by atoms with Crippen LogP contribution < -0.4 is 5.32 Å². The molecule has 0 unspecified atom stereocenters. The molecule has 3 aromatic rings. The van der Waals surface area contributed by atoms with Crippen molar-refractivity contribution >= 4 is 25.3 Å². The van der Waals surface area contributed by atoms with Crippen molar-refractivity contribution in [2.24, 2.45) is 0 Å². The fourth-order valence-corrected chi connectivity index (χ4v) is 5.06. The summed E-state index contributed by atoms with van der Waals surface area (Å²) in [7, 11) is -0.994. The number of hydrogen-bond acceptors (Lipinski definition) is 5. The first-order valence-electron chi connectivity index (χ1n) is 13.3. The highest BCUT2D eigenvalue weighted by Gasteiger charge is 2.52. The van der Waals surface area contributed by atoms with Crippen LogP contribution >= 0.6 is 0 Å². The number of benzene rings is 3. The molecule has 1 heterocycles. The van der Waals surface area contributed by atoms with Gasteiger partial charge >= 0.3 is 19.2 Å². The third-order valence-electron chi connectivity index (χ3n) is 7.99. The van der Waals surface area contributed by atoms with Crippen LogP contribution in [0.4, 0.5) is 13.6 Å². The Morgan fingerprint density at radius 1 is 0.951 bits per heavy atom. The van der Waals surface area contributed by atoms with Crippen LogP contribution in [0, 0.1) is 11.6 Å². The van der Waals surface area contributed by atoms with Gasteiger partial charge in [0.1, 0.15) is 18.2 Å². The molecule has 1 amide bonds. The van der Waals surface area contributed by atoms with Crippen molar-refractivity contribution in [2.75, 3.05) is 13.2 Å². The molecule has 1 fully saturated rings. The number of hydrogen-bond donors (Lipinski definition) is 2. The zero-order chi connectivity index (χ0) is 29.5. The molecule has 0 spiro atoms. The minimum absolute atomic E-state index is 0.101. The van der Waals surface area contributed by atoms with E-state index < -0.39 is 47.6 Å². The monoisotopic (exact) mass is 561 g/mol. The molecule has 7 nitrogen and oxygen atoms in total. The third kappa shape index (κ3) is 5.49. The number of carbonyl (C=O) groups is 2. The SMILES string of the molecule is CC1(C)OB(C(=Cc2cc(C(=O)O)c(F)cc2F)CNC(=O)OCC2c3ccccc3-c3ccccc32)OC1(C)C. The largest absolute Gasteiger partial charge is 0.492 e. The lowest BCUT2D eigenvalue weighted by Crippen LogP contribution is -2.41. The first-order valence-corrected chi connectivity index (χ1v) is 13.3. The molecular weight excluding hydrogens is 531 g/mol. The van der Waals surface area contributed by atoms with Crippen LogP contribution in [-0.2, 0) is 14.0 Å². The highest BCUT2D eigenvalue weighted by atomic mass is 19.1. The molecule has 0 atom stereocenters. The van der Waals surface area contributed by atoms with Gasteiger partial charge in [-0.3, -0.25) is 0 Å². The fraction of sp³-hybridized carbons (Fsp3) is 0.290. The first kappa shape index (κ1) is 28.5. The lowest BCUT2D eigenvalue weighted by molar-refractivity contribution is 0.00578. The second kappa shape index (κ2) is 10.8. The van der Waals surface area contributed by atoms with Gasteiger partial charge in [0.2, 0.25) is 0 Å². The summed E-state index contributed by atoms with van der Waals surface area (Å²) in [4.78, 5) is 24.3. The fourth-order valence-electron chi connectivity index (χ4n) is 5.06. The van der Waals surface area contributed by atoms with Gasteiger partial charge in [-0.25, -0.2) is 18.4 Å². The Balaban J connectivity index is 1.35. The summed E-state index contributed by atoms with van der Waals surface area (Å²) in [6, 6.07) is 17.4. The molecule has 1 aliphatic carbocycles. The van der Waals surface area contributed by atoms with E-state index in [0.717, 1.165) is 28.3 Å². The molecule has 212 valence electrons. The molecule has 2 N–H and O–H groups in total. The van der Waals surface area contributed by atoms with E-state index in [0.29, 0.717) is 11.5 Å². The topological polar surface area (TPSA) is 94.1 Å². The summed E-state index contributed by atoms with van der Waals surface area (Å²) in [6.07, 6.45) is 0.590. The lowest BCUT2D eigenvalue weighted by Gasteiger charge is -2.32. The van der Waals surface area contributed by atoms with E-state index >= 15 is 0 Å². The van der Waals surface area contributed by atoms with Crippen LogP contribution in [0.5, 0.6) is 0 Å². The molecule has 3 aromatic carbocycles. The quantitative estimate of drug-likeness (QED) is 0.333. The molecule has 0 radical (unpaired) electrons. The van der Waals surface area contributed by atoms with Gasteiger partial charge in [0.25, 0.3) is 0 Å². The normalized spacial score (nSPS) is 17.2. The number of carboxylic acid groups (broad SMARTS) is 1. The lowest BCUT2D eigenvalue weighted by atomic mass is 9.77. The van der Waals surface area contributed by atoms with E-state index in [9.17, 15) is 23.5 Å². The van der Waals surface area contributed by atoms with E-state index in [1.807, 2.05) is 76.2 Å². The Morgan fingerprint density at radius 3 is 2.07 bits per heavy atom. The van der Waals surface area contributed by atoms with Crippen LogP contribution in [0.1, 0.15) is 60.7 Å². The third-order valence-corrected chi connectivity index (χ3v) is 7.99. The maximum Gasteiger partial charge on any atom is 0.492 e. The molecule has 1 aliphatic heterocycles. The Labute approximate surface area is 237 Å². The molecule has 2 aliphatic rings. The standard InChI is InChI=1S/C31H30BF2NO6/c1-30(2)31(3,4)41-32(40-30)19(13-18-14-24(28(36)37)27(34)15-26(18)33)16-35-29(38)39-17-25-22-11-7-5-9-20(22)21-10-6-8-12-23(21)25/h5-15,25H,16-17H2,1-4H3,(H,35,38)(H,36,37). The van der Waals surface area contributed by atoms with E-state index in [2.05, 4.69) is 5.32 Å². The zero-order valence-corrected chi connectivity index (χ0v) is 23.2. The van der Waals surface area contributed by atoms with Crippen LogP contribution in [0.3, 0.4) is 0 Å². The van der Waals surface area contributed by atoms with Gasteiger partial charge in [-0.05, 0) is 61.5 Å². The van der Waals surface area contributed by atoms with Crippen molar-refractivity contribution in [3.8, 4) is 11.1 Å². The number of rotatable bonds is 7. The summed E-state index contributed by atoms with van der Waals surface area (Å²) in [5, 5.41) is 12.0. The molecule has 0 aromatic heterocycles. The number of alkyl carbamates (subject to hydrolysis) is 1. The second-order valence-electron chi connectivity index (χ2n) is 11.1. The van der Waals surface area contributed by atoms with Gasteiger partial charge in [-0.2, -0.15) is 0 Å². The van der Waals surface area contributed by atoms with E-state index in [1.165, 1.54) is 6.08 Å². The highest BCUT2D eigenvalue weighted by molar-refractivity contribution is 6.56. The Hall–Kier alpha value is -4.02. The number of ether oxygens (including phenoxy) is 1. The number of halogens is 2. The number of carboxylic acids is 1. The minimum Gasteiger partial charge on any atom is -0.478 e. The Morgan fingerprint density at radius 2 is 1.51 bits per heavy atom. The van der Waals surface area contributed by atoms with Crippen molar-refractivity contribution in [2.45, 2.75) is 44.8 Å². The Kier molecular flexibility index (Phi) is 7.48. The van der Waals surface area contributed by atoms with Crippen molar-refractivity contribution in [1.82, 2.24) is 5.32 Å². The average Bonchev–Trinajstić information content (AvgIpc) is 3.35. The number of amides is 1. The Bertz CT molecular complexity index is 1490. The number of nitrogens with one attached hydrogen (secondary N) is 1. The molecule has 10 heteroatoms. The predicted octanol–water partition coefficient (Wildman–Crippen LogP) is 6.22. The minimum atomic E-state index is -1.54. The van der Waals surface area contributed by atoms with Gasteiger partial charge in [0.15, 0.2) is 0 Å². The van der Waals surface area contributed by atoms with Gasteiger partial charge in [0, 0.05) is 24.1 Å². The zero-order valence-electron chi connectivity index (χ0n) is 23.2. The maximum atomic E-state index is 14.7. The van der Waals surface area contributed by atoms with Crippen molar-refractivity contribution < 1.29 is 37.5 Å². The molecule has 1 saturated heterocycles. The summed E-state index contributed by atoms with van der Waals surface area (Å²) >= 11 is 0. The highest BCUT2D eigenvalue weighted by Crippen LogP contribution is 2.44. The van der Waals surface area contributed by atoms with Gasteiger partial charge in [0.05, 0.1) is 16.8 Å². The molecular formula is C31H30BF2NO6. The molecule has 41 heavy (non-hydrogen) atoms. The average molecular weight is 561 g/mol. The van der Waals surface area contributed by atoms with Gasteiger partial charge < -0.3 is 24.5 Å². The smallest absolute Gasteiger partial charge is 0.478 e. The van der Waals surface area contributed by atoms with Gasteiger partial charge in [-0.1, -0.05) is 54.6 Å². The summed E-state index contributed by atoms with van der Waals surface area (Å²) in [5.41, 5.74) is 2.27.